The van der Waals surface area contributed by atoms with Gasteiger partial charge in [-0.05, 0) is 124 Å². The van der Waals surface area contributed by atoms with Gasteiger partial charge in [-0.3, -0.25) is 0 Å². The first kappa shape index (κ1) is 37.5. The van der Waals surface area contributed by atoms with E-state index in [-0.39, 0.29) is 5.41 Å². The van der Waals surface area contributed by atoms with Crippen LogP contribution < -0.4 is 0 Å². The molecule has 0 radical (unpaired) electrons. The molecule has 2 aromatic heterocycles. The van der Waals surface area contributed by atoms with Gasteiger partial charge in [0.05, 0.1) is 0 Å². The van der Waals surface area contributed by atoms with Crippen LogP contribution in [-0.2, 0) is 5.41 Å². The summed E-state index contributed by atoms with van der Waals surface area (Å²) in [5.74, 6) is 0. The molecule has 0 aliphatic heterocycles. The Morgan fingerprint density at radius 2 is 1.09 bits per heavy atom. The maximum Gasteiger partial charge on any atom is 0.0448 e. The summed E-state index contributed by atoms with van der Waals surface area (Å²) < 4.78 is 5.45. The zero-order valence-electron chi connectivity index (χ0n) is 35.9. The third-order valence-electron chi connectivity index (χ3n) is 14.2. The molecule has 12 aromatic rings. The molecule has 302 valence electrons. The third kappa shape index (κ3) is 5.34. The van der Waals surface area contributed by atoms with Crippen LogP contribution in [0.25, 0.3) is 117 Å². The molecule has 2 heterocycles. The van der Waals surface area contributed by atoms with Crippen LogP contribution in [0.2, 0.25) is 0 Å². The molecule has 10 aromatic carbocycles. The van der Waals surface area contributed by atoms with E-state index in [0.717, 1.165) is 0 Å². The van der Waals surface area contributed by atoms with Crippen molar-refractivity contribution in [1.82, 2.24) is 0 Å². The second-order valence-electron chi connectivity index (χ2n) is 18.0. The molecule has 0 nitrogen and oxygen atoms in total. The maximum absolute atomic E-state index is 4.41. The van der Waals surface area contributed by atoms with E-state index in [0.29, 0.717) is 0 Å². The van der Waals surface area contributed by atoms with E-state index in [1.54, 1.807) is 0 Å². The summed E-state index contributed by atoms with van der Waals surface area (Å²) in [7, 11) is 0. The topological polar surface area (TPSA) is 0 Å². The largest absolute Gasteiger partial charge is 0.134 e. The summed E-state index contributed by atoms with van der Waals surface area (Å²) in [6.45, 7) is 11.4. The van der Waals surface area contributed by atoms with Gasteiger partial charge in [-0.15, -0.1) is 22.7 Å². The number of allylic oxidation sites excluding steroid dienone is 5. The van der Waals surface area contributed by atoms with Gasteiger partial charge in [0.25, 0.3) is 0 Å². The van der Waals surface area contributed by atoms with Crippen molar-refractivity contribution < 1.29 is 0 Å². The van der Waals surface area contributed by atoms with Gasteiger partial charge in [-0.2, -0.15) is 0 Å². The fourth-order valence-electron chi connectivity index (χ4n) is 11.1. The lowest BCUT2D eigenvalue weighted by molar-refractivity contribution is 0.655. The van der Waals surface area contributed by atoms with Gasteiger partial charge in [0.15, 0.2) is 0 Å². The van der Waals surface area contributed by atoms with E-state index >= 15 is 0 Å². The molecule has 0 bridgehead atoms. The van der Waals surface area contributed by atoms with Gasteiger partial charge in [0.1, 0.15) is 0 Å². The minimum atomic E-state index is -0.233. The summed E-state index contributed by atoms with van der Waals surface area (Å²) >= 11 is 3.86. The van der Waals surface area contributed by atoms with Crippen LogP contribution in [0.3, 0.4) is 0 Å². The number of rotatable bonds is 5. The van der Waals surface area contributed by atoms with Gasteiger partial charge in [-0.1, -0.05) is 190 Å². The summed E-state index contributed by atoms with van der Waals surface area (Å²) in [6.07, 6.45) is 4.51. The zero-order valence-corrected chi connectivity index (χ0v) is 37.6. The Kier molecular flexibility index (Phi) is 8.16. The van der Waals surface area contributed by atoms with Crippen molar-refractivity contribution in [3.05, 3.63) is 217 Å². The van der Waals surface area contributed by atoms with Crippen molar-refractivity contribution in [2.75, 3.05) is 0 Å². The Labute approximate surface area is 380 Å². The second-order valence-corrected chi connectivity index (χ2v) is 20.1. The highest BCUT2D eigenvalue weighted by Gasteiger charge is 2.36. The predicted molar refractivity (Wildman–Crippen MR) is 283 cm³/mol. The summed E-state index contributed by atoms with van der Waals surface area (Å²) in [5.41, 5.74) is 12.5. The van der Waals surface area contributed by atoms with Crippen molar-refractivity contribution in [3.8, 4) is 22.3 Å². The summed E-state index contributed by atoms with van der Waals surface area (Å²) in [6, 6.07) is 65.8. The normalized spacial score (nSPS) is 14.1. The van der Waals surface area contributed by atoms with Crippen molar-refractivity contribution >= 4 is 117 Å². The third-order valence-corrected chi connectivity index (χ3v) is 16.6. The molecule has 0 fully saturated rings. The molecule has 0 saturated carbocycles. The number of fused-ring (bicyclic) bond motifs is 13. The van der Waals surface area contributed by atoms with Crippen molar-refractivity contribution in [1.29, 1.82) is 0 Å². The molecule has 2 heteroatoms. The Morgan fingerprint density at radius 3 is 1.83 bits per heavy atom. The number of benzene rings is 10. The summed E-state index contributed by atoms with van der Waals surface area (Å²) in [5, 5.41) is 15.7. The Hall–Kier alpha value is -7.10. The lowest BCUT2D eigenvalue weighted by Crippen LogP contribution is -2.16. The summed E-state index contributed by atoms with van der Waals surface area (Å²) in [4.78, 5) is 0. The molecule has 0 unspecified atom stereocenters. The molecule has 1 aliphatic rings. The quantitative estimate of drug-likeness (QED) is 0.151. The van der Waals surface area contributed by atoms with Crippen molar-refractivity contribution in [2.24, 2.45) is 0 Å². The first-order chi connectivity index (χ1) is 31.4. The molecule has 64 heavy (non-hydrogen) atoms. The van der Waals surface area contributed by atoms with E-state index in [1.165, 1.54) is 139 Å². The zero-order chi connectivity index (χ0) is 42.8. The van der Waals surface area contributed by atoms with E-state index in [9.17, 15) is 0 Å². The minimum absolute atomic E-state index is 0.233. The monoisotopic (exact) mass is 850 g/mol. The fraction of sp³-hybridized carbons (Fsp3) is 0.0645. The molecule has 0 atom stereocenters. The van der Waals surface area contributed by atoms with E-state index in [2.05, 4.69) is 215 Å². The Bertz CT molecular complexity index is 4010. The van der Waals surface area contributed by atoms with Crippen molar-refractivity contribution in [3.63, 3.8) is 0 Å². The standard InChI is InChI=1S/C62H42S2/c1-5-53-52(33-36(2)39-26-29-44-50-31-32-55-59(61(50)64-56(44)35-39)51-30-25-38-16-7-9-19-42(38)60(51)63-55)43-28-27-40(34-54(43)62(53,3)4)57-46-20-10-12-22-48(46)58(49-23-13-11-21-47(49)57)45-24-14-17-37-15-6-8-18-41(37)45/h5-35H,1H2,2-4H3/b36-33+. The average Bonchev–Trinajstić information content (AvgIpc) is 3.97. The molecule has 1 aliphatic carbocycles. The lowest BCUT2D eigenvalue weighted by Gasteiger charge is -2.24. The molecule has 0 N–H and O–H groups in total. The highest BCUT2D eigenvalue weighted by molar-refractivity contribution is 7.30. The molecular formula is C62H42S2. The van der Waals surface area contributed by atoms with E-state index in [1.807, 2.05) is 22.7 Å². The van der Waals surface area contributed by atoms with Crippen LogP contribution in [-0.4, -0.2) is 0 Å². The van der Waals surface area contributed by atoms with Crippen LogP contribution in [0.5, 0.6) is 0 Å². The van der Waals surface area contributed by atoms with Crippen LogP contribution in [0.4, 0.5) is 0 Å². The Balaban J connectivity index is 0.935. The highest BCUT2D eigenvalue weighted by Crippen LogP contribution is 2.52. The van der Waals surface area contributed by atoms with Gasteiger partial charge >= 0.3 is 0 Å². The minimum Gasteiger partial charge on any atom is -0.134 e. The van der Waals surface area contributed by atoms with Crippen LogP contribution in [0.1, 0.15) is 37.5 Å². The van der Waals surface area contributed by atoms with Crippen molar-refractivity contribution in [2.45, 2.75) is 26.2 Å². The molecule has 0 amide bonds. The van der Waals surface area contributed by atoms with Gasteiger partial charge < -0.3 is 0 Å². The van der Waals surface area contributed by atoms with E-state index < -0.39 is 0 Å². The molecular weight excluding hydrogens is 809 g/mol. The van der Waals surface area contributed by atoms with Crippen LogP contribution in [0.15, 0.2) is 200 Å². The molecule has 0 saturated heterocycles. The SMILES string of the molecule is C=CC1=C(/C=C(\C)c2ccc3c(c2)sc2c3ccc3sc4c5ccccc5ccc4c32)c2ccc(-c3c4ccccc4c(-c4cccc5ccccc45)c4ccccc34)cc2C1(C)C. The highest BCUT2D eigenvalue weighted by atomic mass is 32.1. The average molecular weight is 851 g/mol. The lowest BCUT2D eigenvalue weighted by atomic mass is 9.79. The van der Waals surface area contributed by atoms with Gasteiger partial charge in [-0.25, -0.2) is 0 Å². The fourth-order valence-corrected chi connectivity index (χ4v) is 13.8. The second kappa shape index (κ2) is 13.9. The van der Waals surface area contributed by atoms with Crippen LogP contribution >= 0.6 is 22.7 Å². The van der Waals surface area contributed by atoms with Gasteiger partial charge in [0.2, 0.25) is 0 Å². The first-order valence-electron chi connectivity index (χ1n) is 22.2. The maximum atomic E-state index is 4.41. The Morgan fingerprint density at radius 1 is 0.484 bits per heavy atom. The van der Waals surface area contributed by atoms with Crippen LogP contribution in [0, 0.1) is 0 Å². The van der Waals surface area contributed by atoms with Gasteiger partial charge in [0, 0.05) is 45.8 Å². The predicted octanol–water partition coefficient (Wildman–Crippen LogP) is 18.7. The number of hydrogen-bond acceptors (Lipinski definition) is 2. The molecule has 0 spiro atoms. The number of thiophene rings is 2. The smallest absolute Gasteiger partial charge is 0.0448 e. The molecule has 13 rings (SSSR count). The first-order valence-corrected chi connectivity index (χ1v) is 23.8. The van der Waals surface area contributed by atoms with E-state index in [4.69, 9.17) is 0 Å². The number of hydrogen-bond donors (Lipinski definition) is 0.